The van der Waals surface area contributed by atoms with E-state index >= 15 is 0 Å². The molecule has 4 aromatic heterocycles. The average molecular weight is 820 g/mol. The summed E-state index contributed by atoms with van der Waals surface area (Å²) in [7, 11) is 0. The molecule has 6 aromatic rings. The molecule has 1 fully saturated rings. The molecule has 7 rings (SSSR count). The van der Waals surface area contributed by atoms with Crippen molar-refractivity contribution in [3.63, 3.8) is 0 Å². The Morgan fingerprint density at radius 3 is 2.42 bits per heavy atom. The number of thiazole rings is 1. The van der Waals surface area contributed by atoms with E-state index in [2.05, 4.69) is 48.8 Å². The van der Waals surface area contributed by atoms with Gasteiger partial charge in [0.15, 0.2) is 0 Å². The molecule has 0 spiro atoms. The maximum absolute atomic E-state index is 13.9. The molecule has 1 aliphatic heterocycles. The lowest BCUT2D eigenvalue weighted by Crippen LogP contribution is -2.58. The van der Waals surface area contributed by atoms with E-state index in [0.29, 0.717) is 12.5 Å². The van der Waals surface area contributed by atoms with Gasteiger partial charge in [-0.3, -0.25) is 19.4 Å². The van der Waals surface area contributed by atoms with Crippen molar-refractivity contribution in [1.29, 1.82) is 0 Å². The summed E-state index contributed by atoms with van der Waals surface area (Å²) in [5, 5.41) is 18.5. The van der Waals surface area contributed by atoms with Gasteiger partial charge in [0.1, 0.15) is 25.3 Å². The molecule has 0 saturated carbocycles. The van der Waals surface area contributed by atoms with E-state index in [1.807, 2.05) is 81.9 Å². The van der Waals surface area contributed by atoms with E-state index in [1.54, 1.807) is 23.7 Å². The second-order valence-electron chi connectivity index (χ2n) is 15.6. The summed E-state index contributed by atoms with van der Waals surface area (Å²) in [6.07, 6.45) is 4.65. The van der Waals surface area contributed by atoms with Crippen molar-refractivity contribution in [2.24, 2.45) is 5.41 Å². The highest BCUT2D eigenvalue weighted by molar-refractivity contribution is 7.13. The molecule has 14 nitrogen and oxygen atoms in total. The third-order valence-electron chi connectivity index (χ3n) is 10.3. The number of hydrogen-bond donors (Lipinski definition) is 4. The number of amides is 3. The largest absolute Gasteiger partial charge is 0.475 e. The van der Waals surface area contributed by atoms with Crippen molar-refractivity contribution in [2.45, 2.75) is 58.8 Å². The van der Waals surface area contributed by atoms with Gasteiger partial charge in [-0.1, -0.05) is 57.2 Å². The van der Waals surface area contributed by atoms with E-state index in [-0.39, 0.29) is 51.8 Å². The Kier molecular flexibility index (Phi) is 13.0. The first-order valence-electron chi connectivity index (χ1n) is 19.6. The fourth-order valence-electron chi connectivity index (χ4n) is 7.13. The van der Waals surface area contributed by atoms with Crippen molar-refractivity contribution >= 4 is 50.9 Å². The Morgan fingerprint density at radius 2 is 1.68 bits per heavy atom. The molecule has 4 N–H and O–H groups in total. The lowest BCUT2D eigenvalue weighted by molar-refractivity contribution is -0.144. The minimum Gasteiger partial charge on any atom is -0.475 e. The zero-order chi connectivity index (χ0) is 41.5. The number of hydrogen-bond acceptors (Lipinski definition) is 11. The number of nitrogens with one attached hydrogen (secondary N) is 3. The van der Waals surface area contributed by atoms with Crippen molar-refractivity contribution in [3.8, 4) is 27.4 Å². The van der Waals surface area contributed by atoms with Gasteiger partial charge < -0.3 is 39.8 Å². The number of aryl methyl sites for hydroxylation is 1. The number of aliphatic hydroxyl groups excluding tert-OH is 1. The quantitative estimate of drug-likeness (QED) is 0.0920. The SMILES string of the molecule is Cc1ncsc1-c1ccc(CNC(=O)[C@@H]2C[C@@H](O)CN2C(=O)C(NC(=O)COCCOCCOc2ccc(-c3ccc4c(c3)[nH]c3ccncc34)cn2)C(C)(C)C)cc1. The minimum atomic E-state index is -0.959. The first-order chi connectivity index (χ1) is 28.4. The van der Waals surface area contributed by atoms with E-state index < -0.39 is 35.4 Å². The number of nitrogens with zero attached hydrogens (tertiary/aromatic N) is 4. The number of ether oxygens (including phenoxy) is 3. The van der Waals surface area contributed by atoms with Gasteiger partial charge in [0, 0.05) is 71.5 Å². The van der Waals surface area contributed by atoms with Crippen LogP contribution in [0.15, 0.2) is 84.8 Å². The van der Waals surface area contributed by atoms with Crippen molar-refractivity contribution < 1.29 is 33.7 Å². The van der Waals surface area contributed by atoms with Gasteiger partial charge in [0.25, 0.3) is 0 Å². The van der Waals surface area contributed by atoms with Crippen LogP contribution >= 0.6 is 11.3 Å². The third-order valence-corrected chi connectivity index (χ3v) is 11.2. The van der Waals surface area contributed by atoms with E-state index in [9.17, 15) is 19.5 Å². The zero-order valence-electron chi connectivity index (χ0n) is 33.6. The Morgan fingerprint density at radius 1 is 0.915 bits per heavy atom. The highest BCUT2D eigenvalue weighted by Gasteiger charge is 2.44. The maximum Gasteiger partial charge on any atom is 0.246 e. The van der Waals surface area contributed by atoms with E-state index in [1.165, 1.54) is 4.90 Å². The molecule has 3 atom stereocenters. The van der Waals surface area contributed by atoms with Gasteiger partial charge in [0.05, 0.1) is 42.0 Å². The molecule has 1 saturated heterocycles. The summed E-state index contributed by atoms with van der Waals surface area (Å²) in [6.45, 7) is 8.39. The maximum atomic E-state index is 13.9. The molecule has 59 heavy (non-hydrogen) atoms. The monoisotopic (exact) mass is 819 g/mol. The molecule has 0 aliphatic carbocycles. The number of carbonyl (C=O) groups excluding carboxylic acids is 3. The number of pyridine rings is 2. The van der Waals surface area contributed by atoms with Gasteiger partial charge in [0.2, 0.25) is 23.6 Å². The number of aliphatic hydroxyl groups is 1. The zero-order valence-corrected chi connectivity index (χ0v) is 34.4. The number of likely N-dealkylation sites (tertiary alicyclic amines) is 1. The Bertz CT molecular complexity index is 2390. The van der Waals surface area contributed by atoms with Crippen molar-refractivity contribution in [3.05, 3.63) is 96.0 Å². The number of benzene rings is 2. The number of fused-ring (bicyclic) bond motifs is 3. The number of aromatic amines is 1. The number of aromatic nitrogens is 4. The second-order valence-corrected chi connectivity index (χ2v) is 16.5. The number of β-amino-alcohol motifs (C(OH)–C–C–N with tert-alkyl or cyclic N) is 1. The van der Waals surface area contributed by atoms with E-state index in [0.717, 1.165) is 54.6 Å². The highest BCUT2D eigenvalue weighted by Crippen LogP contribution is 2.31. The normalized spacial score (nSPS) is 16.1. The lowest BCUT2D eigenvalue weighted by Gasteiger charge is -2.35. The predicted molar refractivity (Wildman–Crippen MR) is 226 cm³/mol. The highest BCUT2D eigenvalue weighted by atomic mass is 32.1. The molecule has 3 amide bonds. The van der Waals surface area contributed by atoms with Crippen molar-refractivity contribution in [2.75, 3.05) is 39.6 Å². The minimum absolute atomic E-state index is 0.0113. The molecule has 1 aliphatic rings. The standard InChI is InChI=1S/C44H49N7O7S/c1-27-40(59-26-48-27)29-7-5-28(6-8-29)21-47-42(54)37-20-32(52)24-51(37)43(55)41(44(2,3)4)50-38(53)25-57-16-15-56-17-18-58-39-12-10-31(22-46-39)30-9-11-33-34-23-45-14-13-35(34)49-36(33)19-30/h5-14,19,22-23,26,32,37,41,49,52H,15-18,20-21,24-25H2,1-4H3,(H,47,54)(H,50,53)/t32-,37+,41?/m1/s1. The van der Waals surface area contributed by atoms with Crippen LogP contribution in [0.5, 0.6) is 5.88 Å². The first-order valence-corrected chi connectivity index (χ1v) is 20.5. The lowest BCUT2D eigenvalue weighted by atomic mass is 9.85. The molecule has 308 valence electrons. The van der Waals surface area contributed by atoms with Crippen LogP contribution in [0, 0.1) is 12.3 Å². The van der Waals surface area contributed by atoms with Crippen LogP contribution in [-0.2, 0) is 30.4 Å². The summed E-state index contributed by atoms with van der Waals surface area (Å²) in [5.74, 6) is -0.810. The summed E-state index contributed by atoms with van der Waals surface area (Å²) >= 11 is 1.57. The molecule has 2 aromatic carbocycles. The number of rotatable bonds is 16. The Labute approximate surface area is 346 Å². The molecule has 0 bridgehead atoms. The van der Waals surface area contributed by atoms with Gasteiger partial charge in [-0.15, -0.1) is 11.3 Å². The molecular formula is C44H49N7O7S. The van der Waals surface area contributed by atoms with Crippen LogP contribution in [0.3, 0.4) is 0 Å². The fraction of sp³-hybridized carbons (Fsp3) is 0.364. The van der Waals surface area contributed by atoms with E-state index in [4.69, 9.17) is 14.2 Å². The third kappa shape index (κ3) is 10.1. The summed E-state index contributed by atoms with van der Waals surface area (Å²) in [4.78, 5) is 59.1. The van der Waals surface area contributed by atoms with Crippen LogP contribution in [0.2, 0.25) is 0 Å². The molecule has 1 unspecified atom stereocenters. The topological polar surface area (TPSA) is 181 Å². The number of carbonyl (C=O) groups is 3. The molecule has 0 radical (unpaired) electrons. The summed E-state index contributed by atoms with van der Waals surface area (Å²) < 4.78 is 16.9. The molecule has 5 heterocycles. The predicted octanol–water partition coefficient (Wildman–Crippen LogP) is 5.43. The van der Waals surface area contributed by atoms with Gasteiger partial charge in [-0.05, 0) is 47.2 Å². The molecular weight excluding hydrogens is 771 g/mol. The van der Waals surface area contributed by atoms with Crippen LogP contribution in [0.25, 0.3) is 43.4 Å². The van der Waals surface area contributed by atoms with Gasteiger partial charge >= 0.3 is 0 Å². The van der Waals surface area contributed by atoms with Gasteiger partial charge in [-0.25, -0.2) is 9.97 Å². The fourth-order valence-corrected chi connectivity index (χ4v) is 7.95. The Hall–Kier alpha value is -5.74. The van der Waals surface area contributed by atoms with Crippen LogP contribution < -0.4 is 15.4 Å². The van der Waals surface area contributed by atoms with Crippen LogP contribution in [-0.4, -0.2) is 105 Å². The first kappa shape index (κ1) is 41.4. The molecule has 15 heteroatoms. The summed E-state index contributed by atoms with van der Waals surface area (Å²) in [5.41, 5.74) is 8.11. The van der Waals surface area contributed by atoms with Gasteiger partial charge in [-0.2, -0.15) is 0 Å². The average Bonchev–Trinajstić information content (AvgIpc) is 3.95. The number of H-pyrrole nitrogens is 1. The smallest absolute Gasteiger partial charge is 0.246 e. The van der Waals surface area contributed by atoms with Crippen molar-refractivity contribution in [1.82, 2.24) is 35.5 Å². The van der Waals surface area contributed by atoms with Crippen LogP contribution in [0.1, 0.15) is 38.4 Å². The summed E-state index contributed by atoms with van der Waals surface area (Å²) in [6, 6.07) is 18.0. The second kappa shape index (κ2) is 18.5. The Balaban J connectivity index is 0.813. The van der Waals surface area contributed by atoms with Crippen LogP contribution in [0.4, 0.5) is 0 Å².